The second-order valence-corrected chi connectivity index (χ2v) is 5.11. The molecule has 0 spiro atoms. The number of methoxy groups -OCH3 is 2. The summed E-state index contributed by atoms with van der Waals surface area (Å²) in [6.07, 6.45) is 8.70. The molecule has 0 bridgehead atoms. The molecule has 0 unspecified atom stereocenters. The van der Waals surface area contributed by atoms with Crippen molar-refractivity contribution in [1.29, 1.82) is 0 Å². The first-order chi connectivity index (χ1) is 10.2. The van der Waals surface area contributed by atoms with Crippen molar-refractivity contribution in [3.63, 3.8) is 0 Å². The Hall–Kier alpha value is -1.97. The van der Waals surface area contributed by atoms with Crippen LogP contribution in [0.5, 0.6) is 11.5 Å². The fourth-order valence-electron chi connectivity index (χ4n) is 2.59. The predicted molar refractivity (Wildman–Crippen MR) is 81.5 cm³/mol. The molecule has 1 aliphatic carbocycles. The third-order valence-electron chi connectivity index (χ3n) is 3.67. The molecule has 0 atom stereocenters. The van der Waals surface area contributed by atoms with E-state index in [2.05, 4.69) is 0 Å². The highest BCUT2D eigenvalue weighted by atomic mass is 16.5. The van der Waals surface area contributed by atoms with E-state index in [4.69, 9.17) is 14.2 Å². The van der Waals surface area contributed by atoms with Crippen LogP contribution in [0.25, 0.3) is 6.08 Å². The van der Waals surface area contributed by atoms with Gasteiger partial charge in [0.2, 0.25) is 0 Å². The molecule has 1 saturated carbocycles. The van der Waals surface area contributed by atoms with Crippen molar-refractivity contribution in [3.8, 4) is 11.5 Å². The van der Waals surface area contributed by atoms with Crippen LogP contribution in [-0.4, -0.2) is 26.3 Å². The molecule has 21 heavy (non-hydrogen) atoms. The maximum Gasteiger partial charge on any atom is 0.331 e. The maximum atomic E-state index is 11.9. The van der Waals surface area contributed by atoms with Gasteiger partial charge >= 0.3 is 5.97 Å². The Balaban J connectivity index is 2.01. The van der Waals surface area contributed by atoms with E-state index in [0.717, 1.165) is 31.2 Å². The van der Waals surface area contributed by atoms with Crippen LogP contribution in [0.1, 0.15) is 37.7 Å². The number of carbonyl (C=O) groups excluding carboxylic acids is 1. The highest BCUT2D eigenvalue weighted by Gasteiger charge is 2.16. The summed E-state index contributed by atoms with van der Waals surface area (Å²) in [5.41, 5.74) is 0.789. The number of rotatable bonds is 5. The summed E-state index contributed by atoms with van der Waals surface area (Å²) in [5.74, 6) is 0.953. The van der Waals surface area contributed by atoms with Crippen LogP contribution in [0, 0.1) is 0 Å². The fraction of sp³-hybridized carbons (Fsp3) is 0.471. The Kier molecular flexibility index (Phi) is 5.67. The summed E-state index contributed by atoms with van der Waals surface area (Å²) in [4.78, 5) is 11.9. The highest BCUT2D eigenvalue weighted by molar-refractivity contribution is 5.88. The lowest BCUT2D eigenvalue weighted by molar-refractivity contribution is -0.144. The van der Waals surface area contributed by atoms with Gasteiger partial charge in [-0.15, -0.1) is 0 Å². The van der Waals surface area contributed by atoms with Crippen molar-refractivity contribution >= 4 is 12.0 Å². The van der Waals surface area contributed by atoms with Crippen molar-refractivity contribution in [2.45, 2.75) is 38.2 Å². The monoisotopic (exact) mass is 290 g/mol. The van der Waals surface area contributed by atoms with E-state index >= 15 is 0 Å². The molecular formula is C17H22O4. The zero-order valence-electron chi connectivity index (χ0n) is 12.6. The minimum Gasteiger partial charge on any atom is -0.493 e. The molecule has 0 radical (unpaired) electrons. The Morgan fingerprint density at radius 3 is 2.57 bits per heavy atom. The number of esters is 1. The van der Waals surface area contributed by atoms with Crippen LogP contribution >= 0.6 is 0 Å². The van der Waals surface area contributed by atoms with Gasteiger partial charge in [-0.2, -0.15) is 0 Å². The van der Waals surface area contributed by atoms with E-state index in [1.165, 1.54) is 12.5 Å². The predicted octanol–water partition coefficient (Wildman–Crippen LogP) is 3.59. The van der Waals surface area contributed by atoms with Gasteiger partial charge in [-0.25, -0.2) is 4.79 Å². The summed E-state index contributed by atoms with van der Waals surface area (Å²) in [5, 5.41) is 0. The summed E-state index contributed by atoms with van der Waals surface area (Å²) in [6.45, 7) is 0. The zero-order chi connectivity index (χ0) is 15.1. The maximum absolute atomic E-state index is 11.9. The minimum absolute atomic E-state index is 0.0723. The summed E-state index contributed by atoms with van der Waals surface area (Å²) >= 11 is 0. The smallest absolute Gasteiger partial charge is 0.331 e. The van der Waals surface area contributed by atoms with Crippen molar-refractivity contribution < 1.29 is 19.0 Å². The quantitative estimate of drug-likeness (QED) is 0.614. The van der Waals surface area contributed by atoms with Gasteiger partial charge in [-0.05, 0) is 37.8 Å². The number of ether oxygens (including phenoxy) is 3. The molecule has 0 saturated heterocycles. The van der Waals surface area contributed by atoms with Crippen molar-refractivity contribution in [2.75, 3.05) is 14.2 Å². The first kappa shape index (κ1) is 15.4. The van der Waals surface area contributed by atoms with Gasteiger partial charge in [0.15, 0.2) is 11.5 Å². The van der Waals surface area contributed by atoms with E-state index in [9.17, 15) is 4.79 Å². The fourth-order valence-corrected chi connectivity index (χ4v) is 2.59. The molecule has 0 amide bonds. The average molecular weight is 290 g/mol. The van der Waals surface area contributed by atoms with Gasteiger partial charge in [-0.3, -0.25) is 0 Å². The molecule has 0 aromatic heterocycles. The van der Waals surface area contributed by atoms with Crippen LogP contribution in [0.2, 0.25) is 0 Å². The van der Waals surface area contributed by atoms with Crippen molar-refractivity contribution in [3.05, 3.63) is 29.8 Å². The lowest BCUT2D eigenvalue weighted by Gasteiger charge is -2.20. The van der Waals surface area contributed by atoms with E-state index in [-0.39, 0.29) is 12.1 Å². The number of para-hydroxylation sites is 1. The second kappa shape index (κ2) is 7.72. The molecule has 114 valence electrons. The molecule has 0 aliphatic heterocycles. The Morgan fingerprint density at radius 1 is 1.14 bits per heavy atom. The Labute approximate surface area is 125 Å². The first-order valence-corrected chi connectivity index (χ1v) is 7.34. The third kappa shape index (κ3) is 4.25. The van der Waals surface area contributed by atoms with Crippen molar-refractivity contribution in [1.82, 2.24) is 0 Å². The number of hydrogen-bond donors (Lipinski definition) is 0. The molecule has 1 fully saturated rings. The van der Waals surface area contributed by atoms with Gasteiger partial charge in [-0.1, -0.05) is 18.6 Å². The van der Waals surface area contributed by atoms with Crippen molar-refractivity contribution in [2.24, 2.45) is 0 Å². The van der Waals surface area contributed by atoms with Gasteiger partial charge < -0.3 is 14.2 Å². The number of carbonyl (C=O) groups is 1. The Bertz CT molecular complexity index is 502. The molecule has 0 heterocycles. The molecule has 2 rings (SSSR count). The lowest BCUT2D eigenvalue weighted by Crippen LogP contribution is -2.19. The van der Waals surface area contributed by atoms with Crippen LogP contribution in [0.3, 0.4) is 0 Å². The molecule has 1 aliphatic rings. The van der Waals surface area contributed by atoms with E-state index in [1.807, 2.05) is 18.2 Å². The SMILES string of the molecule is COc1cccc(C=CC(=O)OC2CCCCC2)c1OC. The zero-order valence-corrected chi connectivity index (χ0v) is 12.6. The Morgan fingerprint density at radius 2 is 1.90 bits per heavy atom. The molecule has 0 N–H and O–H groups in total. The largest absolute Gasteiger partial charge is 0.493 e. The number of benzene rings is 1. The van der Waals surface area contributed by atoms with Gasteiger partial charge in [0, 0.05) is 11.6 Å². The first-order valence-electron chi connectivity index (χ1n) is 7.34. The van der Waals surface area contributed by atoms with E-state index in [0.29, 0.717) is 11.5 Å². The summed E-state index contributed by atoms with van der Waals surface area (Å²) in [7, 11) is 3.16. The summed E-state index contributed by atoms with van der Waals surface area (Å²) < 4.78 is 16.0. The normalized spacial score (nSPS) is 15.9. The van der Waals surface area contributed by atoms with Crippen LogP contribution in [-0.2, 0) is 9.53 Å². The average Bonchev–Trinajstić information content (AvgIpc) is 2.53. The topological polar surface area (TPSA) is 44.8 Å². The standard InChI is InChI=1S/C17H22O4/c1-19-15-10-6-7-13(17(15)20-2)11-12-16(18)21-14-8-4-3-5-9-14/h6-7,10-12,14H,3-5,8-9H2,1-2H3. The molecule has 4 nitrogen and oxygen atoms in total. The molecule has 1 aromatic carbocycles. The summed E-state index contributed by atoms with van der Waals surface area (Å²) in [6, 6.07) is 5.54. The molecule has 4 heteroatoms. The van der Waals surface area contributed by atoms with Gasteiger partial charge in [0.05, 0.1) is 14.2 Å². The van der Waals surface area contributed by atoms with Gasteiger partial charge in [0.25, 0.3) is 0 Å². The molecular weight excluding hydrogens is 268 g/mol. The molecule has 1 aromatic rings. The van der Waals surface area contributed by atoms with Crippen LogP contribution < -0.4 is 9.47 Å². The number of hydrogen-bond acceptors (Lipinski definition) is 4. The van der Waals surface area contributed by atoms with Crippen LogP contribution in [0.15, 0.2) is 24.3 Å². The third-order valence-corrected chi connectivity index (χ3v) is 3.67. The lowest BCUT2D eigenvalue weighted by atomic mass is 9.98. The minimum atomic E-state index is -0.299. The second-order valence-electron chi connectivity index (χ2n) is 5.11. The van der Waals surface area contributed by atoms with E-state index < -0.39 is 0 Å². The van der Waals surface area contributed by atoms with E-state index in [1.54, 1.807) is 20.3 Å². The highest BCUT2D eigenvalue weighted by Crippen LogP contribution is 2.31. The van der Waals surface area contributed by atoms with Gasteiger partial charge in [0.1, 0.15) is 6.10 Å². The van der Waals surface area contributed by atoms with Crippen LogP contribution in [0.4, 0.5) is 0 Å².